The number of rotatable bonds is 4. The Morgan fingerprint density at radius 3 is 2.78 bits per heavy atom. The lowest BCUT2D eigenvalue weighted by Gasteiger charge is -2.36. The molecule has 2 aliphatic heterocycles. The van der Waals surface area contributed by atoms with Crippen LogP contribution in [0.1, 0.15) is 13.3 Å². The molecule has 2 atom stereocenters. The Hall–Kier alpha value is -1.30. The number of carbonyl (C=O) groups excluding carboxylic acids is 1. The van der Waals surface area contributed by atoms with E-state index >= 15 is 0 Å². The first-order valence-electron chi connectivity index (χ1n) is 8.27. The summed E-state index contributed by atoms with van der Waals surface area (Å²) in [6, 6.07) is 8.18. The second kappa shape index (κ2) is 7.51. The highest BCUT2D eigenvalue weighted by Gasteiger charge is 2.26. The second-order valence-corrected chi connectivity index (χ2v) is 6.64. The van der Waals surface area contributed by atoms with Crippen LogP contribution in [0.5, 0.6) is 0 Å². The molecule has 126 valence electrons. The molecule has 2 fully saturated rings. The molecule has 2 unspecified atom stereocenters. The highest BCUT2D eigenvalue weighted by atomic mass is 35.5. The van der Waals surface area contributed by atoms with Crippen molar-refractivity contribution in [1.82, 2.24) is 10.2 Å². The average molecular weight is 338 g/mol. The van der Waals surface area contributed by atoms with Gasteiger partial charge in [-0.25, -0.2) is 0 Å². The van der Waals surface area contributed by atoms with E-state index in [1.807, 2.05) is 23.1 Å². The molecule has 2 aliphatic rings. The largest absolute Gasteiger partial charge is 0.377 e. The van der Waals surface area contributed by atoms with Crippen molar-refractivity contribution >= 4 is 23.2 Å². The fourth-order valence-electron chi connectivity index (χ4n) is 3.22. The first-order chi connectivity index (χ1) is 11.1. The molecule has 0 aromatic heterocycles. The van der Waals surface area contributed by atoms with Crippen LogP contribution in [0.4, 0.5) is 5.69 Å². The van der Waals surface area contributed by atoms with Gasteiger partial charge in [-0.1, -0.05) is 17.7 Å². The molecule has 0 spiro atoms. The molecule has 2 heterocycles. The summed E-state index contributed by atoms with van der Waals surface area (Å²) in [4.78, 5) is 16.6. The third kappa shape index (κ3) is 4.16. The number of ether oxygens (including phenoxy) is 1. The standard InChI is InChI=1S/C17H24ClN3O2/c1-13-16(5-10-23-13)19-12-17(22)21-8-6-20(7-9-21)15-4-2-3-14(18)11-15/h2-4,11,13,16,19H,5-10,12H2,1H3. The summed E-state index contributed by atoms with van der Waals surface area (Å²) in [5, 5.41) is 4.08. The minimum atomic E-state index is 0.176. The number of hydrogen-bond acceptors (Lipinski definition) is 4. The van der Waals surface area contributed by atoms with Gasteiger partial charge in [0.1, 0.15) is 0 Å². The van der Waals surface area contributed by atoms with Gasteiger partial charge >= 0.3 is 0 Å². The lowest BCUT2D eigenvalue weighted by atomic mass is 10.1. The fraction of sp³-hybridized carbons (Fsp3) is 0.588. The quantitative estimate of drug-likeness (QED) is 0.909. The molecule has 1 aromatic rings. The zero-order valence-electron chi connectivity index (χ0n) is 13.5. The lowest BCUT2D eigenvalue weighted by Crippen LogP contribution is -2.52. The number of carbonyl (C=O) groups is 1. The third-order valence-electron chi connectivity index (χ3n) is 4.70. The SMILES string of the molecule is CC1OCCC1NCC(=O)N1CCN(c2cccc(Cl)c2)CC1. The van der Waals surface area contributed by atoms with Gasteiger partial charge in [0.05, 0.1) is 12.6 Å². The molecule has 1 amide bonds. The molecule has 5 nitrogen and oxygen atoms in total. The first-order valence-corrected chi connectivity index (χ1v) is 8.64. The Bertz CT molecular complexity index is 546. The average Bonchev–Trinajstić information content (AvgIpc) is 2.98. The van der Waals surface area contributed by atoms with Crippen molar-refractivity contribution in [1.29, 1.82) is 0 Å². The van der Waals surface area contributed by atoms with Gasteiger partial charge in [0.25, 0.3) is 0 Å². The summed E-state index contributed by atoms with van der Waals surface area (Å²) in [5.41, 5.74) is 1.12. The van der Waals surface area contributed by atoms with Crippen molar-refractivity contribution in [2.75, 3.05) is 44.2 Å². The summed E-state index contributed by atoms with van der Waals surface area (Å²) in [6.07, 6.45) is 1.18. The molecule has 0 saturated carbocycles. The van der Waals surface area contributed by atoms with E-state index < -0.39 is 0 Å². The zero-order chi connectivity index (χ0) is 16.2. The smallest absolute Gasteiger partial charge is 0.236 e. The predicted molar refractivity (Wildman–Crippen MR) is 92.1 cm³/mol. The third-order valence-corrected chi connectivity index (χ3v) is 4.93. The van der Waals surface area contributed by atoms with Crippen molar-refractivity contribution < 1.29 is 9.53 Å². The normalized spacial score (nSPS) is 25.0. The Labute approximate surface area is 142 Å². The number of nitrogens with zero attached hydrogens (tertiary/aromatic N) is 2. The van der Waals surface area contributed by atoms with Crippen molar-refractivity contribution in [3.8, 4) is 0 Å². The van der Waals surface area contributed by atoms with Gasteiger partial charge in [0.15, 0.2) is 0 Å². The summed E-state index contributed by atoms with van der Waals surface area (Å²) in [5.74, 6) is 0.176. The monoisotopic (exact) mass is 337 g/mol. The number of benzene rings is 1. The highest BCUT2D eigenvalue weighted by molar-refractivity contribution is 6.30. The van der Waals surface area contributed by atoms with Crippen molar-refractivity contribution in [2.24, 2.45) is 0 Å². The molecule has 0 bridgehead atoms. The van der Waals surface area contributed by atoms with Crippen molar-refractivity contribution in [3.05, 3.63) is 29.3 Å². The number of amides is 1. The maximum absolute atomic E-state index is 12.3. The van der Waals surface area contributed by atoms with Crippen LogP contribution >= 0.6 is 11.6 Å². The predicted octanol–water partition coefficient (Wildman–Crippen LogP) is 1.76. The van der Waals surface area contributed by atoms with Crippen LogP contribution in [0.15, 0.2) is 24.3 Å². The molecular weight excluding hydrogens is 314 g/mol. The Balaban J connectivity index is 1.45. The Morgan fingerprint density at radius 2 is 2.13 bits per heavy atom. The van der Waals surface area contributed by atoms with Crippen LogP contribution in [0.25, 0.3) is 0 Å². The minimum Gasteiger partial charge on any atom is -0.377 e. The molecule has 2 saturated heterocycles. The van der Waals surface area contributed by atoms with Crippen LogP contribution in [0.2, 0.25) is 5.02 Å². The number of halogens is 1. The van der Waals surface area contributed by atoms with Crippen molar-refractivity contribution in [2.45, 2.75) is 25.5 Å². The van der Waals surface area contributed by atoms with E-state index in [1.54, 1.807) is 0 Å². The lowest BCUT2D eigenvalue weighted by molar-refractivity contribution is -0.130. The van der Waals surface area contributed by atoms with E-state index in [-0.39, 0.29) is 12.0 Å². The molecule has 23 heavy (non-hydrogen) atoms. The van der Waals surface area contributed by atoms with Gasteiger partial charge in [-0.3, -0.25) is 4.79 Å². The molecule has 6 heteroatoms. The van der Waals surface area contributed by atoms with Crippen LogP contribution in [0.3, 0.4) is 0 Å². The van der Waals surface area contributed by atoms with Gasteiger partial charge in [-0.2, -0.15) is 0 Å². The van der Waals surface area contributed by atoms with Crippen LogP contribution in [0, 0.1) is 0 Å². The number of hydrogen-bond donors (Lipinski definition) is 1. The van der Waals surface area contributed by atoms with E-state index in [4.69, 9.17) is 16.3 Å². The summed E-state index contributed by atoms with van der Waals surface area (Å²) in [7, 11) is 0. The second-order valence-electron chi connectivity index (χ2n) is 6.20. The fourth-order valence-corrected chi connectivity index (χ4v) is 3.40. The van der Waals surface area contributed by atoms with Crippen LogP contribution in [-0.4, -0.2) is 62.3 Å². The molecular formula is C17H24ClN3O2. The molecule has 1 aromatic carbocycles. The number of piperazine rings is 1. The summed E-state index contributed by atoms with van der Waals surface area (Å²) >= 11 is 6.05. The van der Waals surface area contributed by atoms with E-state index in [0.29, 0.717) is 12.6 Å². The topological polar surface area (TPSA) is 44.8 Å². The number of nitrogens with one attached hydrogen (secondary N) is 1. The Morgan fingerprint density at radius 1 is 1.35 bits per heavy atom. The van der Waals surface area contributed by atoms with E-state index in [0.717, 1.165) is 49.9 Å². The van der Waals surface area contributed by atoms with Gasteiger partial charge in [-0.05, 0) is 31.5 Å². The molecule has 3 rings (SSSR count). The highest BCUT2D eigenvalue weighted by Crippen LogP contribution is 2.20. The van der Waals surface area contributed by atoms with E-state index in [9.17, 15) is 4.79 Å². The van der Waals surface area contributed by atoms with Gasteiger partial charge in [-0.15, -0.1) is 0 Å². The van der Waals surface area contributed by atoms with Crippen LogP contribution < -0.4 is 10.2 Å². The first kappa shape index (κ1) is 16.6. The summed E-state index contributed by atoms with van der Waals surface area (Å²) < 4.78 is 5.51. The molecule has 0 aliphatic carbocycles. The van der Waals surface area contributed by atoms with Gasteiger partial charge < -0.3 is 19.9 Å². The zero-order valence-corrected chi connectivity index (χ0v) is 14.3. The van der Waals surface area contributed by atoms with Crippen molar-refractivity contribution in [3.63, 3.8) is 0 Å². The maximum Gasteiger partial charge on any atom is 0.236 e. The van der Waals surface area contributed by atoms with Gasteiger partial charge in [0.2, 0.25) is 5.91 Å². The minimum absolute atomic E-state index is 0.176. The van der Waals surface area contributed by atoms with Gasteiger partial charge in [0, 0.05) is 49.5 Å². The van der Waals surface area contributed by atoms with E-state index in [1.165, 1.54) is 0 Å². The number of anilines is 1. The molecule has 1 N–H and O–H groups in total. The maximum atomic E-state index is 12.3. The Kier molecular flexibility index (Phi) is 5.41. The molecule has 0 radical (unpaired) electrons. The summed E-state index contributed by atoms with van der Waals surface area (Å²) in [6.45, 7) is 6.43. The van der Waals surface area contributed by atoms with E-state index in [2.05, 4.69) is 23.2 Å². The van der Waals surface area contributed by atoms with Crippen LogP contribution in [-0.2, 0) is 9.53 Å².